The quantitative estimate of drug-likeness (QED) is 0.268. The van der Waals surface area contributed by atoms with Crippen LogP contribution in [-0.2, 0) is 30.3 Å². The SMILES string of the molecule is CCCCCN(C(=O)C(CC(C)C)NC(=O)OC(C)(C)C)C(C(=O)NCC(=O)OC)c1ccc(CC)cc1. The molecule has 0 aliphatic heterocycles. The highest BCUT2D eigenvalue weighted by atomic mass is 16.6. The number of esters is 1. The van der Waals surface area contributed by atoms with Crippen molar-refractivity contribution in [1.82, 2.24) is 15.5 Å². The lowest BCUT2D eigenvalue weighted by molar-refractivity contribution is -0.145. The average Bonchev–Trinajstić information content (AvgIpc) is 2.84. The van der Waals surface area contributed by atoms with Crippen molar-refractivity contribution >= 4 is 23.9 Å². The second-order valence-electron chi connectivity index (χ2n) is 10.9. The van der Waals surface area contributed by atoms with E-state index in [4.69, 9.17) is 4.74 Å². The van der Waals surface area contributed by atoms with Crippen molar-refractivity contribution in [3.8, 4) is 0 Å². The Morgan fingerprint density at radius 2 is 1.63 bits per heavy atom. The van der Waals surface area contributed by atoms with Crippen LogP contribution >= 0.6 is 0 Å². The van der Waals surface area contributed by atoms with Crippen molar-refractivity contribution in [2.24, 2.45) is 5.92 Å². The highest BCUT2D eigenvalue weighted by Gasteiger charge is 2.36. The molecular formula is C29H47N3O6. The molecule has 9 heteroatoms. The first-order valence-electron chi connectivity index (χ1n) is 13.6. The van der Waals surface area contributed by atoms with Crippen LogP contribution in [0.2, 0.25) is 0 Å². The fourth-order valence-electron chi connectivity index (χ4n) is 3.98. The summed E-state index contributed by atoms with van der Waals surface area (Å²) in [5.41, 5.74) is 0.985. The van der Waals surface area contributed by atoms with Crippen LogP contribution in [0.5, 0.6) is 0 Å². The Bertz CT molecular complexity index is 908. The predicted octanol–water partition coefficient (Wildman–Crippen LogP) is 4.54. The Morgan fingerprint density at radius 3 is 2.13 bits per heavy atom. The molecule has 2 atom stereocenters. The van der Waals surface area contributed by atoms with Gasteiger partial charge in [0.25, 0.3) is 0 Å². The Labute approximate surface area is 228 Å². The average molecular weight is 534 g/mol. The van der Waals surface area contributed by atoms with Crippen molar-refractivity contribution < 1.29 is 28.7 Å². The molecule has 0 radical (unpaired) electrons. The Morgan fingerprint density at radius 1 is 1.00 bits per heavy atom. The number of benzene rings is 1. The summed E-state index contributed by atoms with van der Waals surface area (Å²) in [6.45, 7) is 13.3. The number of alkyl carbamates (subject to hydrolysis) is 1. The molecule has 38 heavy (non-hydrogen) atoms. The highest BCUT2D eigenvalue weighted by molar-refractivity contribution is 5.93. The molecule has 214 valence electrons. The summed E-state index contributed by atoms with van der Waals surface area (Å²) in [6.07, 6.45) is 2.98. The van der Waals surface area contributed by atoms with E-state index >= 15 is 0 Å². The lowest BCUT2D eigenvalue weighted by Gasteiger charge is -2.35. The largest absolute Gasteiger partial charge is 0.468 e. The topological polar surface area (TPSA) is 114 Å². The zero-order valence-electron chi connectivity index (χ0n) is 24.4. The van der Waals surface area contributed by atoms with Gasteiger partial charge in [-0.2, -0.15) is 0 Å². The third kappa shape index (κ3) is 11.5. The summed E-state index contributed by atoms with van der Waals surface area (Å²) < 4.78 is 10.1. The van der Waals surface area contributed by atoms with Crippen LogP contribution in [0.3, 0.4) is 0 Å². The van der Waals surface area contributed by atoms with Gasteiger partial charge in [-0.25, -0.2) is 4.79 Å². The third-order valence-electron chi connectivity index (χ3n) is 5.88. The molecule has 2 N–H and O–H groups in total. The summed E-state index contributed by atoms with van der Waals surface area (Å²) in [6, 6.07) is 5.63. The maximum Gasteiger partial charge on any atom is 0.408 e. The van der Waals surface area contributed by atoms with Crippen molar-refractivity contribution in [1.29, 1.82) is 0 Å². The molecule has 0 heterocycles. The lowest BCUT2D eigenvalue weighted by Crippen LogP contribution is -2.54. The van der Waals surface area contributed by atoms with E-state index < -0.39 is 35.7 Å². The first-order chi connectivity index (χ1) is 17.8. The fourth-order valence-corrected chi connectivity index (χ4v) is 3.98. The molecule has 0 aliphatic carbocycles. The van der Waals surface area contributed by atoms with E-state index in [0.717, 1.165) is 24.8 Å². The van der Waals surface area contributed by atoms with Crippen LogP contribution in [0.1, 0.15) is 91.3 Å². The van der Waals surface area contributed by atoms with Gasteiger partial charge in [0, 0.05) is 6.54 Å². The van der Waals surface area contributed by atoms with Crippen LogP contribution in [0.4, 0.5) is 4.79 Å². The number of unbranched alkanes of at least 4 members (excludes halogenated alkanes) is 2. The van der Waals surface area contributed by atoms with E-state index in [2.05, 4.69) is 22.3 Å². The first kappa shape index (κ1) is 32.9. The number of amides is 3. The number of hydrogen-bond acceptors (Lipinski definition) is 6. The van der Waals surface area contributed by atoms with Gasteiger partial charge in [0.1, 0.15) is 24.2 Å². The Kier molecular flexibility index (Phi) is 13.9. The van der Waals surface area contributed by atoms with E-state index in [1.54, 1.807) is 20.8 Å². The Balaban J connectivity index is 3.49. The third-order valence-corrected chi connectivity index (χ3v) is 5.88. The van der Waals surface area contributed by atoms with Crippen molar-refractivity contribution in [2.75, 3.05) is 20.2 Å². The molecule has 0 aromatic heterocycles. The highest BCUT2D eigenvalue weighted by Crippen LogP contribution is 2.25. The zero-order valence-corrected chi connectivity index (χ0v) is 24.4. The Hall–Kier alpha value is -3.10. The standard InChI is InChI=1S/C29H47N3O6/c1-9-11-12-17-32(27(35)23(18-20(3)4)31-28(36)38-29(5,6)7)25(26(34)30-19-24(33)37-8)22-15-13-21(10-2)14-16-22/h13-16,20,23,25H,9-12,17-19H2,1-8H3,(H,30,34)(H,31,36). The van der Waals surface area contributed by atoms with Gasteiger partial charge in [0.2, 0.25) is 11.8 Å². The number of hydrogen-bond donors (Lipinski definition) is 2. The number of nitrogens with zero attached hydrogens (tertiary/aromatic N) is 1. The number of nitrogens with one attached hydrogen (secondary N) is 2. The summed E-state index contributed by atoms with van der Waals surface area (Å²) in [5, 5.41) is 5.36. The minimum absolute atomic E-state index is 0.0896. The van der Waals surface area contributed by atoms with E-state index in [0.29, 0.717) is 24.9 Å². The minimum atomic E-state index is -0.995. The molecule has 0 bridgehead atoms. The van der Waals surface area contributed by atoms with Crippen molar-refractivity contribution in [3.05, 3.63) is 35.4 Å². The second kappa shape index (κ2) is 16.0. The molecule has 0 fully saturated rings. The molecule has 0 saturated carbocycles. The number of aryl methyl sites for hydroxylation is 1. The molecule has 1 aromatic carbocycles. The molecule has 0 spiro atoms. The summed E-state index contributed by atoms with van der Waals surface area (Å²) >= 11 is 0. The molecule has 2 unspecified atom stereocenters. The van der Waals surface area contributed by atoms with E-state index in [1.807, 2.05) is 45.0 Å². The van der Waals surface area contributed by atoms with Crippen LogP contribution < -0.4 is 10.6 Å². The van der Waals surface area contributed by atoms with E-state index in [1.165, 1.54) is 12.0 Å². The normalized spacial score (nSPS) is 12.9. The van der Waals surface area contributed by atoms with Gasteiger partial charge >= 0.3 is 12.1 Å². The molecule has 3 amide bonds. The van der Waals surface area contributed by atoms with Gasteiger partial charge in [-0.3, -0.25) is 14.4 Å². The van der Waals surface area contributed by atoms with Crippen molar-refractivity contribution in [3.63, 3.8) is 0 Å². The fraction of sp³-hybridized carbons (Fsp3) is 0.655. The predicted molar refractivity (Wildman–Crippen MR) is 147 cm³/mol. The smallest absolute Gasteiger partial charge is 0.408 e. The second-order valence-corrected chi connectivity index (χ2v) is 10.9. The number of methoxy groups -OCH3 is 1. The molecule has 0 saturated heterocycles. The molecular weight excluding hydrogens is 486 g/mol. The van der Waals surface area contributed by atoms with Gasteiger partial charge in [-0.15, -0.1) is 0 Å². The molecule has 0 aliphatic rings. The van der Waals surface area contributed by atoms with Crippen LogP contribution in [-0.4, -0.2) is 60.6 Å². The molecule has 1 aromatic rings. The number of carbonyl (C=O) groups excluding carboxylic acids is 4. The monoisotopic (exact) mass is 533 g/mol. The van der Waals surface area contributed by atoms with Crippen LogP contribution in [0.25, 0.3) is 0 Å². The summed E-state index contributed by atoms with van der Waals surface area (Å²) in [7, 11) is 1.24. The number of rotatable bonds is 14. The minimum Gasteiger partial charge on any atom is -0.468 e. The molecule has 9 nitrogen and oxygen atoms in total. The van der Waals surface area contributed by atoms with Crippen molar-refractivity contribution in [2.45, 2.75) is 98.3 Å². The van der Waals surface area contributed by atoms with E-state index in [-0.39, 0.29) is 18.4 Å². The van der Waals surface area contributed by atoms with Gasteiger partial charge in [0.15, 0.2) is 0 Å². The summed E-state index contributed by atoms with van der Waals surface area (Å²) in [4.78, 5) is 53.6. The van der Waals surface area contributed by atoms with E-state index in [9.17, 15) is 19.2 Å². The number of ether oxygens (including phenoxy) is 2. The van der Waals surface area contributed by atoms with Gasteiger partial charge in [-0.1, -0.05) is 64.8 Å². The summed E-state index contributed by atoms with van der Waals surface area (Å²) in [5.74, 6) is -1.37. The van der Waals surface area contributed by atoms with Gasteiger partial charge < -0.3 is 25.0 Å². The zero-order chi connectivity index (χ0) is 28.9. The van der Waals surface area contributed by atoms with Crippen LogP contribution in [0.15, 0.2) is 24.3 Å². The number of carbonyl (C=O) groups is 4. The maximum absolute atomic E-state index is 14.1. The van der Waals surface area contributed by atoms with Gasteiger partial charge in [-0.05, 0) is 57.1 Å². The van der Waals surface area contributed by atoms with Crippen LogP contribution in [0, 0.1) is 5.92 Å². The first-order valence-corrected chi connectivity index (χ1v) is 13.6. The maximum atomic E-state index is 14.1. The lowest BCUT2D eigenvalue weighted by atomic mass is 9.98. The molecule has 1 rings (SSSR count). The van der Waals surface area contributed by atoms with Gasteiger partial charge in [0.05, 0.1) is 7.11 Å².